The van der Waals surface area contributed by atoms with Crippen LogP contribution in [0.2, 0.25) is 0 Å². The van der Waals surface area contributed by atoms with E-state index >= 15 is 0 Å². The fourth-order valence-electron chi connectivity index (χ4n) is 5.08. The summed E-state index contributed by atoms with van der Waals surface area (Å²) < 4.78 is 173. The molecule has 1 fully saturated rings. The molecule has 40 heteroatoms. The van der Waals surface area contributed by atoms with Crippen LogP contribution in [-0.2, 0) is 168 Å². The van der Waals surface area contributed by atoms with Crippen molar-refractivity contribution in [2.45, 2.75) is 132 Å². The summed E-state index contributed by atoms with van der Waals surface area (Å²) in [6.45, 7) is -1.59. The Kier molecular flexibility index (Phi) is 32.6. The molecule has 0 bridgehead atoms. The first-order valence-corrected chi connectivity index (χ1v) is 28.0. The molecule has 1 aliphatic carbocycles. The van der Waals surface area contributed by atoms with E-state index in [-0.39, 0.29) is 12.8 Å². The highest BCUT2D eigenvalue weighted by Crippen LogP contribution is 2.62. The molecule has 0 spiro atoms. The number of rotatable bonds is 38. The minimum Gasteiger partial charge on any atom is -0.455 e. The molecule has 0 unspecified atom stereocenters. The van der Waals surface area contributed by atoms with Crippen LogP contribution in [0.1, 0.15) is 94.9 Å². The van der Waals surface area contributed by atoms with Crippen LogP contribution in [0.25, 0.3) is 0 Å². The maximum Gasteiger partial charge on any atom is 0.481 e. The summed E-state index contributed by atoms with van der Waals surface area (Å²) in [6, 6.07) is 0. The summed E-state index contributed by atoms with van der Waals surface area (Å²) in [5.41, 5.74) is 0. The Morgan fingerprint density at radius 3 is 0.577 bits per heavy atom. The summed E-state index contributed by atoms with van der Waals surface area (Å²) >= 11 is 0. The maximum atomic E-state index is 14.9. The first kappa shape index (κ1) is 71.2. The van der Waals surface area contributed by atoms with Crippen LogP contribution in [0.3, 0.4) is 0 Å². The number of carbonyl (C=O) groups excluding carboxylic acids is 10. The molecular weight excluding hydrogens is 1160 g/mol. The van der Waals surface area contributed by atoms with E-state index in [0.717, 1.165) is 55.4 Å². The van der Waals surface area contributed by atoms with Gasteiger partial charge in [-0.2, -0.15) is 0 Å². The van der Waals surface area contributed by atoms with Crippen molar-refractivity contribution in [3.05, 3.63) is 0 Å². The van der Waals surface area contributed by atoms with Gasteiger partial charge in [0.2, 0.25) is 54.3 Å². The highest BCUT2D eigenvalue weighted by atomic mass is 31.2. The quantitative estimate of drug-likeness (QED) is 0.0368. The van der Waals surface area contributed by atoms with Gasteiger partial charge < -0.3 is 47.4 Å². The van der Waals surface area contributed by atoms with E-state index in [0.29, 0.717) is 0 Å². The zero-order valence-electron chi connectivity index (χ0n) is 43.4. The second-order valence-electron chi connectivity index (χ2n) is 14.5. The van der Waals surface area contributed by atoms with Crippen molar-refractivity contribution >= 4 is 91.0 Å². The third kappa shape index (κ3) is 29.4. The minimum absolute atomic E-state index is 0.0483. The summed E-state index contributed by atoms with van der Waals surface area (Å²) in [6.07, 6.45) is -18.4. The lowest BCUT2D eigenvalue weighted by atomic mass is 9.84. The summed E-state index contributed by atoms with van der Waals surface area (Å²) in [5.74, 6) is -11.6. The lowest BCUT2D eigenvalue weighted by molar-refractivity contribution is -0.237. The van der Waals surface area contributed by atoms with Crippen molar-refractivity contribution in [1.82, 2.24) is 0 Å². The molecule has 0 aromatic carbocycles. The zero-order chi connectivity index (χ0) is 59.3. The largest absolute Gasteiger partial charge is 0.481 e. The number of hydrogen-bond donors (Lipinski definition) is 0. The van der Waals surface area contributed by atoms with E-state index in [1.54, 1.807) is 0 Å². The highest BCUT2D eigenvalue weighted by molar-refractivity contribution is 7.49. The van der Waals surface area contributed by atoms with Crippen LogP contribution in [0.4, 0.5) is 0 Å². The van der Waals surface area contributed by atoms with Gasteiger partial charge in [0.05, 0.1) is 0 Å². The Morgan fingerprint density at radius 1 is 0.282 bits per heavy atom. The molecule has 36 nitrogen and oxygen atoms in total. The van der Waals surface area contributed by atoms with Gasteiger partial charge in [-0.3, -0.25) is 66.0 Å². The number of phosphoric ester groups is 4. The van der Waals surface area contributed by atoms with Gasteiger partial charge in [-0.15, -0.1) is 0 Å². The van der Waals surface area contributed by atoms with Crippen molar-refractivity contribution in [2.24, 2.45) is 0 Å². The smallest absolute Gasteiger partial charge is 0.455 e. The van der Waals surface area contributed by atoms with Gasteiger partial charge in [0.1, 0.15) is 24.4 Å². The molecule has 0 radical (unpaired) electrons. The second-order valence-corrected chi connectivity index (χ2v) is 21.0. The normalized spacial score (nSPS) is 18.5. The van der Waals surface area contributed by atoms with Crippen LogP contribution in [0.5, 0.6) is 0 Å². The molecular formula is C38H60O36P4. The Labute approximate surface area is 444 Å². The van der Waals surface area contributed by atoms with Crippen LogP contribution < -0.4 is 0 Å². The van der Waals surface area contributed by atoms with Crippen molar-refractivity contribution in [1.29, 1.82) is 0 Å². The Balaban J connectivity index is 5.01. The van der Waals surface area contributed by atoms with Gasteiger partial charge in [-0.1, -0.05) is 13.8 Å². The molecule has 0 aromatic rings. The predicted molar refractivity (Wildman–Crippen MR) is 241 cm³/mol. The topological polar surface area (TPSA) is 442 Å². The van der Waals surface area contributed by atoms with Crippen LogP contribution in [0, 0.1) is 0 Å². The van der Waals surface area contributed by atoms with Gasteiger partial charge in [0, 0.05) is 68.2 Å². The fraction of sp³-hybridized carbons (Fsp3) is 0.737. The predicted octanol–water partition coefficient (Wildman–Crippen LogP) is 3.69. The fourth-order valence-corrected chi connectivity index (χ4v) is 9.47. The van der Waals surface area contributed by atoms with E-state index in [9.17, 15) is 66.2 Å². The van der Waals surface area contributed by atoms with Crippen LogP contribution in [-0.4, -0.2) is 151 Å². The molecule has 0 aromatic heterocycles. The molecule has 78 heavy (non-hydrogen) atoms. The van der Waals surface area contributed by atoms with Gasteiger partial charge >= 0.3 is 91.0 Å². The molecule has 6 atom stereocenters. The Hall–Kier alpha value is -4.86. The first-order valence-electron chi connectivity index (χ1n) is 22.2. The number of carbonyl (C=O) groups is 10. The summed E-state index contributed by atoms with van der Waals surface area (Å²) in [4.78, 5) is 123. The second kappa shape index (κ2) is 35.7. The average Bonchev–Trinajstić information content (AvgIpc) is 3.29. The third-order valence-electron chi connectivity index (χ3n) is 8.17. The van der Waals surface area contributed by atoms with E-state index in [1.165, 1.54) is 13.8 Å². The van der Waals surface area contributed by atoms with E-state index in [1.807, 2.05) is 0 Å². The molecule has 0 heterocycles. The molecule has 0 saturated heterocycles. The lowest BCUT2D eigenvalue weighted by Gasteiger charge is -2.49. The molecule has 448 valence electrons. The molecule has 0 aliphatic heterocycles. The summed E-state index contributed by atoms with van der Waals surface area (Å²) in [5, 5.41) is 0. The van der Waals surface area contributed by atoms with Gasteiger partial charge in [0.15, 0.2) is 12.2 Å². The number of ether oxygens (including phenoxy) is 10. The van der Waals surface area contributed by atoms with Crippen molar-refractivity contribution in [3.8, 4) is 0 Å². The minimum atomic E-state index is -5.89. The first-order chi connectivity index (χ1) is 36.4. The third-order valence-corrected chi connectivity index (χ3v) is 13.6. The number of hydrogen-bond acceptors (Lipinski definition) is 36. The molecule has 0 N–H and O–H groups in total. The monoisotopic (exact) mass is 1220 g/mol. The van der Waals surface area contributed by atoms with E-state index in [4.69, 9.17) is 102 Å². The molecule has 0 amide bonds. The lowest BCUT2D eigenvalue weighted by Crippen LogP contribution is -2.67. The Morgan fingerprint density at radius 2 is 0.436 bits per heavy atom. The zero-order valence-corrected chi connectivity index (χ0v) is 47.0. The van der Waals surface area contributed by atoms with Crippen LogP contribution >= 0.6 is 31.3 Å². The summed E-state index contributed by atoms with van der Waals surface area (Å²) in [7, 11) is -23.4. The average molecular weight is 1220 g/mol. The van der Waals surface area contributed by atoms with Crippen molar-refractivity contribution in [3.63, 3.8) is 0 Å². The SMILES string of the molecule is CCCC(=O)O[C@@H]1[C@H](OC(=O)CCC)[C@H](OP(=O)(OCOC(C)=O)OCOC(C)=O)[C@@H](OP(=O)(OCOC(C)=O)OCOC(C)=O)[C@H](OP(=O)(OCOC(C)=O)OCOC(C)=O)[C@H]1OP(=O)(OCOC(C)=O)OCOC(C)=O. The molecule has 1 aliphatic rings. The van der Waals surface area contributed by atoms with Crippen molar-refractivity contribution in [2.75, 3.05) is 54.3 Å². The van der Waals surface area contributed by atoms with E-state index < -0.39 is 195 Å². The van der Waals surface area contributed by atoms with Gasteiger partial charge in [0.25, 0.3) is 0 Å². The molecule has 1 rings (SSSR count). The molecule has 1 saturated carbocycles. The standard InChI is InChI=1S/C38H60O36P4/c1-11-13-31(47)69-33-34(70-32(48)14-12-2)36(72-76(50,63-17-55-25(5)41)64-18-56-26(6)42)38(74-78(52,67-21-59-29(9)45)68-22-60-30(10)46)37(73-77(51,65-19-57-27(7)43)66-20-58-28(8)44)35(33)71-75(49,61-15-53-23(3)39)62-16-54-24(4)40/h33-38H,11-22H2,1-10H3/t33-,34+,35-,36-,37+,38+/m0/s1. The van der Waals surface area contributed by atoms with Crippen molar-refractivity contribution < 1.29 is 168 Å². The van der Waals surface area contributed by atoms with E-state index in [2.05, 4.69) is 0 Å². The number of esters is 10. The van der Waals surface area contributed by atoms with Gasteiger partial charge in [-0.25, -0.2) is 54.5 Å². The Bertz CT molecular complexity index is 1990. The number of phosphoric acid groups is 4. The highest BCUT2D eigenvalue weighted by Gasteiger charge is 2.64. The van der Waals surface area contributed by atoms with Crippen LogP contribution in [0.15, 0.2) is 0 Å². The maximum absolute atomic E-state index is 14.9. The van der Waals surface area contributed by atoms with Gasteiger partial charge in [-0.05, 0) is 12.8 Å².